The number of hydrogen-bond donors (Lipinski definition) is 1. The fourth-order valence-electron chi connectivity index (χ4n) is 1.12. The third kappa shape index (κ3) is 11.3. The van der Waals surface area contributed by atoms with Gasteiger partial charge in [-0.1, -0.05) is 49.8 Å². The van der Waals surface area contributed by atoms with Crippen LogP contribution >= 0.6 is 0 Å². The first-order chi connectivity index (χ1) is 7.39. The molecule has 0 aliphatic rings. The molecule has 0 bridgehead atoms. The molecule has 0 unspecified atom stereocenters. The van der Waals surface area contributed by atoms with Gasteiger partial charge in [-0.3, -0.25) is 0 Å². The minimum Gasteiger partial charge on any atom is -0.326 e. The molecule has 0 aliphatic carbocycles. The van der Waals surface area contributed by atoms with E-state index in [1.807, 2.05) is 19.9 Å². The van der Waals surface area contributed by atoms with Crippen LogP contribution in [0.1, 0.15) is 54.4 Å². The molecule has 0 aromatic carbocycles. The summed E-state index contributed by atoms with van der Waals surface area (Å²) in [6.45, 7) is 16.0. The first kappa shape index (κ1) is 17.6. The lowest BCUT2D eigenvalue weighted by molar-refractivity contribution is 0.477. The molecular weight excluding hydrogens is 194 g/mol. The predicted molar refractivity (Wildman–Crippen MR) is 76.6 cm³/mol. The summed E-state index contributed by atoms with van der Waals surface area (Å²) in [4.78, 5) is 0. The molecule has 1 heteroatoms. The predicted octanol–water partition coefficient (Wildman–Crippen LogP) is 4.61. The van der Waals surface area contributed by atoms with E-state index in [1.54, 1.807) is 0 Å². The zero-order chi connectivity index (χ0) is 13.2. The van der Waals surface area contributed by atoms with Crippen molar-refractivity contribution in [2.75, 3.05) is 0 Å². The fourth-order valence-corrected chi connectivity index (χ4v) is 1.12. The van der Waals surface area contributed by atoms with Gasteiger partial charge in [0.1, 0.15) is 0 Å². The number of hydrogen-bond acceptors (Lipinski definition) is 1. The van der Waals surface area contributed by atoms with Crippen molar-refractivity contribution in [2.24, 2.45) is 5.73 Å². The minimum atomic E-state index is -0.0792. The van der Waals surface area contributed by atoms with Crippen molar-refractivity contribution in [1.82, 2.24) is 0 Å². The second-order valence-corrected chi connectivity index (χ2v) is 4.44. The average molecular weight is 223 g/mol. The highest BCUT2D eigenvalue weighted by molar-refractivity contribution is 5.27. The molecule has 2 N–H and O–H groups in total. The smallest absolute Gasteiger partial charge is 0.0100 e. The Hall–Kier alpha value is -0.820. The highest BCUT2D eigenvalue weighted by Crippen LogP contribution is 2.15. The maximum atomic E-state index is 5.93. The molecule has 0 amide bonds. The Balaban J connectivity index is 0. The first-order valence-corrected chi connectivity index (χ1v) is 6.14. The number of nitrogens with two attached hydrogens (primary N) is 1. The van der Waals surface area contributed by atoms with Crippen molar-refractivity contribution < 1.29 is 0 Å². The van der Waals surface area contributed by atoms with Crippen LogP contribution in [-0.2, 0) is 0 Å². The number of allylic oxidation sites excluding steroid dienone is 5. The van der Waals surface area contributed by atoms with E-state index in [-0.39, 0.29) is 5.54 Å². The quantitative estimate of drug-likeness (QED) is 0.677. The molecule has 0 aromatic heterocycles. The lowest BCUT2D eigenvalue weighted by Crippen LogP contribution is -2.31. The maximum absolute atomic E-state index is 5.93. The topological polar surface area (TPSA) is 26.0 Å². The summed E-state index contributed by atoms with van der Waals surface area (Å²) in [7, 11) is 0. The fraction of sp³-hybridized carbons (Fsp3) is 0.600. The van der Waals surface area contributed by atoms with Gasteiger partial charge in [0, 0.05) is 5.54 Å². The van der Waals surface area contributed by atoms with Crippen molar-refractivity contribution in [3.8, 4) is 0 Å². The van der Waals surface area contributed by atoms with Crippen LogP contribution in [0, 0.1) is 0 Å². The minimum absolute atomic E-state index is 0.0792. The van der Waals surface area contributed by atoms with Crippen molar-refractivity contribution in [3.63, 3.8) is 0 Å². The van der Waals surface area contributed by atoms with E-state index < -0.39 is 0 Å². The van der Waals surface area contributed by atoms with Gasteiger partial charge < -0.3 is 5.73 Å². The lowest BCUT2D eigenvalue weighted by atomic mass is 9.95. The van der Waals surface area contributed by atoms with E-state index in [9.17, 15) is 0 Å². The molecule has 0 rings (SSSR count). The summed E-state index contributed by atoms with van der Waals surface area (Å²) < 4.78 is 0. The maximum Gasteiger partial charge on any atom is 0.0100 e. The SMILES string of the molecule is C=C/C(C)=C\C(=C/C)CCC(C)(C)N.CC. The summed E-state index contributed by atoms with van der Waals surface area (Å²) >= 11 is 0. The Kier molecular flexibility index (Phi) is 10.3. The van der Waals surface area contributed by atoms with Gasteiger partial charge in [0.15, 0.2) is 0 Å². The molecule has 0 aromatic rings. The number of rotatable bonds is 5. The van der Waals surface area contributed by atoms with E-state index in [4.69, 9.17) is 5.73 Å². The molecule has 0 saturated heterocycles. The van der Waals surface area contributed by atoms with Gasteiger partial charge in [-0.2, -0.15) is 0 Å². The molecule has 0 aliphatic heterocycles. The van der Waals surface area contributed by atoms with E-state index in [1.165, 1.54) is 11.1 Å². The molecular formula is C15H29N. The lowest BCUT2D eigenvalue weighted by Gasteiger charge is -2.18. The van der Waals surface area contributed by atoms with E-state index in [2.05, 4.69) is 46.4 Å². The summed E-state index contributed by atoms with van der Waals surface area (Å²) in [5.41, 5.74) is 8.39. The molecule has 1 nitrogen and oxygen atoms in total. The second kappa shape index (κ2) is 9.41. The third-order valence-electron chi connectivity index (χ3n) is 2.16. The Labute approximate surface area is 102 Å². The molecule has 16 heavy (non-hydrogen) atoms. The van der Waals surface area contributed by atoms with Gasteiger partial charge >= 0.3 is 0 Å². The first-order valence-electron chi connectivity index (χ1n) is 6.14. The molecule has 94 valence electrons. The summed E-state index contributed by atoms with van der Waals surface area (Å²) in [6.07, 6.45) is 8.22. The zero-order valence-corrected chi connectivity index (χ0v) is 11.9. The average Bonchev–Trinajstić information content (AvgIpc) is 2.25. The van der Waals surface area contributed by atoms with Crippen LogP contribution in [0.3, 0.4) is 0 Å². The van der Waals surface area contributed by atoms with Crippen LogP contribution in [0.4, 0.5) is 0 Å². The third-order valence-corrected chi connectivity index (χ3v) is 2.16. The van der Waals surface area contributed by atoms with Crippen LogP contribution in [-0.4, -0.2) is 5.54 Å². The van der Waals surface area contributed by atoms with E-state index >= 15 is 0 Å². The van der Waals surface area contributed by atoms with Crippen molar-refractivity contribution >= 4 is 0 Å². The van der Waals surface area contributed by atoms with Crippen molar-refractivity contribution in [3.05, 3.63) is 36.0 Å². The van der Waals surface area contributed by atoms with Gasteiger partial charge in [0.05, 0.1) is 0 Å². The largest absolute Gasteiger partial charge is 0.326 e. The highest BCUT2D eigenvalue weighted by Gasteiger charge is 2.10. The van der Waals surface area contributed by atoms with Gasteiger partial charge in [0.25, 0.3) is 0 Å². The second-order valence-electron chi connectivity index (χ2n) is 4.44. The van der Waals surface area contributed by atoms with Crippen LogP contribution in [0.5, 0.6) is 0 Å². The van der Waals surface area contributed by atoms with E-state index in [0.717, 1.165) is 12.8 Å². The highest BCUT2D eigenvalue weighted by atomic mass is 14.7. The van der Waals surface area contributed by atoms with Gasteiger partial charge in [0.2, 0.25) is 0 Å². The van der Waals surface area contributed by atoms with Crippen LogP contribution in [0.25, 0.3) is 0 Å². The molecule has 0 fully saturated rings. The molecule has 0 atom stereocenters. The standard InChI is InChI=1S/C13H23N.C2H6/c1-6-11(3)10-12(7-2)8-9-13(4,5)14;1-2/h6-7,10H,1,8-9,14H2,2-5H3;1-2H3/b11-10-,12-7-;. The van der Waals surface area contributed by atoms with Gasteiger partial charge in [-0.25, -0.2) is 0 Å². The Morgan fingerprint density at radius 3 is 2.12 bits per heavy atom. The zero-order valence-electron chi connectivity index (χ0n) is 11.9. The van der Waals surface area contributed by atoms with Gasteiger partial charge in [-0.15, -0.1) is 0 Å². The monoisotopic (exact) mass is 223 g/mol. The normalized spacial score (nSPS) is 12.9. The van der Waals surface area contributed by atoms with E-state index in [0.29, 0.717) is 0 Å². The Morgan fingerprint density at radius 1 is 1.31 bits per heavy atom. The molecule has 0 heterocycles. The molecule has 0 spiro atoms. The van der Waals surface area contributed by atoms with Crippen LogP contribution < -0.4 is 5.73 Å². The van der Waals surface area contributed by atoms with Crippen molar-refractivity contribution in [1.29, 1.82) is 0 Å². The summed E-state index contributed by atoms with van der Waals surface area (Å²) in [5, 5.41) is 0. The van der Waals surface area contributed by atoms with Crippen molar-refractivity contribution in [2.45, 2.75) is 59.9 Å². The Bertz CT molecular complexity index is 239. The summed E-state index contributed by atoms with van der Waals surface area (Å²) in [6, 6.07) is 0. The molecule has 0 saturated carbocycles. The molecule has 0 radical (unpaired) electrons. The van der Waals surface area contributed by atoms with Crippen LogP contribution in [0.2, 0.25) is 0 Å². The van der Waals surface area contributed by atoms with Crippen LogP contribution in [0.15, 0.2) is 36.0 Å². The van der Waals surface area contributed by atoms with Gasteiger partial charge in [-0.05, 0) is 40.5 Å². The summed E-state index contributed by atoms with van der Waals surface area (Å²) in [5.74, 6) is 0. The Morgan fingerprint density at radius 2 is 1.81 bits per heavy atom.